The number of aromatic nitrogens is 2. The molecule has 3 nitrogen and oxygen atoms in total. The zero-order valence-electron chi connectivity index (χ0n) is 11.2. The third kappa shape index (κ3) is 3.08. The fraction of sp³-hybridized carbons (Fsp3) is 0.769. The first kappa shape index (κ1) is 13.2. The second-order valence-electron chi connectivity index (χ2n) is 4.58. The molecule has 1 N–H and O–H groups in total. The zero-order chi connectivity index (χ0) is 12.1. The minimum Gasteiger partial charge on any atom is -0.316 e. The van der Waals surface area contributed by atoms with Gasteiger partial charge in [0.05, 0.1) is 5.69 Å². The van der Waals surface area contributed by atoms with Crippen molar-refractivity contribution >= 4 is 0 Å². The van der Waals surface area contributed by atoms with Gasteiger partial charge in [0.15, 0.2) is 0 Å². The maximum Gasteiger partial charge on any atom is 0.0596 e. The summed E-state index contributed by atoms with van der Waals surface area (Å²) in [5, 5.41) is 7.85. The molecule has 0 spiro atoms. The second kappa shape index (κ2) is 6.04. The molecule has 1 aromatic rings. The molecule has 0 aliphatic carbocycles. The van der Waals surface area contributed by atoms with Crippen molar-refractivity contribution in [3.05, 3.63) is 17.5 Å². The van der Waals surface area contributed by atoms with Gasteiger partial charge in [0.25, 0.3) is 0 Å². The van der Waals surface area contributed by atoms with Crippen LogP contribution in [-0.2, 0) is 13.5 Å². The number of hydrogen-bond donors (Lipinski definition) is 1. The van der Waals surface area contributed by atoms with Crippen LogP contribution >= 0.6 is 0 Å². The molecular formula is C13H25N3. The average Bonchev–Trinajstić information content (AvgIpc) is 2.57. The molecule has 0 fully saturated rings. The van der Waals surface area contributed by atoms with E-state index in [0.29, 0.717) is 6.04 Å². The first-order valence-corrected chi connectivity index (χ1v) is 6.29. The van der Waals surface area contributed by atoms with E-state index in [1.54, 1.807) is 0 Å². The lowest BCUT2D eigenvalue weighted by Crippen LogP contribution is -2.35. The van der Waals surface area contributed by atoms with Gasteiger partial charge in [-0.3, -0.25) is 4.68 Å². The Labute approximate surface area is 99.2 Å². The highest BCUT2D eigenvalue weighted by molar-refractivity contribution is 5.10. The lowest BCUT2D eigenvalue weighted by atomic mass is 9.91. The van der Waals surface area contributed by atoms with Crippen molar-refractivity contribution in [2.24, 2.45) is 13.0 Å². The summed E-state index contributed by atoms with van der Waals surface area (Å²) in [6.07, 6.45) is 3.54. The Morgan fingerprint density at radius 2 is 2.00 bits per heavy atom. The molecule has 0 amide bonds. The Kier molecular flexibility index (Phi) is 5.00. The highest BCUT2D eigenvalue weighted by atomic mass is 15.3. The Morgan fingerprint density at radius 3 is 2.38 bits per heavy atom. The maximum absolute atomic E-state index is 4.40. The van der Waals surface area contributed by atoms with Crippen LogP contribution in [0.4, 0.5) is 0 Å². The van der Waals surface area contributed by atoms with E-state index in [0.717, 1.165) is 18.0 Å². The number of likely N-dealkylation sites (N-methyl/N-ethyl adjacent to an activating group) is 1. The van der Waals surface area contributed by atoms with Crippen LogP contribution in [-0.4, -0.2) is 22.9 Å². The quantitative estimate of drug-likeness (QED) is 0.802. The van der Waals surface area contributed by atoms with E-state index in [-0.39, 0.29) is 0 Å². The third-order valence-electron chi connectivity index (χ3n) is 3.52. The zero-order valence-corrected chi connectivity index (χ0v) is 11.2. The molecule has 16 heavy (non-hydrogen) atoms. The van der Waals surface area contributed by atoms with Crippen molar-refractivity contribution in [3.8, 4) is 0 Å². The number of rotatable bonds is 6. The largest absolute Gasteiger partial charge is 0.316 e. The van der Waals surface area contributed by atoms with Gasteiger partial charge in [0.2, 0.25) is 0 Å². The summed E-state index contributed by atoms with van der Waals surface area (Å²) in [5.41, 5.74) is 2.43. The summed E-state index contributed by atoms with van der Waals surface area (Å²) in [4.78, 5) is 0. The van der Waals surface area contributed by atoms with Gasteiger partial charge >= 0.3 is 0 Å². The van der Waals surface area contributed by atoms with E-state index >= 15 is 0 Å². The molecule has 1 aromatic heterocycles. The molecule has 0 saturated heterocycles. The third-order valence-corrected chi connectivity index (χ3v) is 3.52. The van der Waals surface area contributed by atoms with Gasteiger partial charge in [-0.15, -0.1) is 0 Å². The minimum absolute atomic E-state index is 0.560. The summed E-state index contributed by atoms with van der Waals surface area (Å²) >= 11 is 0. The van der Waals surface area contributed by atoms with Crippen molar-refractivity contribution in [1.82, 2.24) is 15.1 Å². The molecule has 1 heterocycles. The molecule has 1 atom stereocenters. The molecule has 3 heteroatoms. The van der Waals surface area contributed by atoms with E-state index in [1.807, 2.05) is 11.7 Å². The molecule has 92 valence electrons. The molecule has 0 aliphatic heterocycles. The Morgan fingerprint density at radius 1 is 1.38 bits per heavy atom. The first-order valence-electron chi connectivity index (χ1n) is 6.29. The van der Waals surface area contributed by atoms with Crippen LogP contribution in [0.5, 0.6) is 0 Å². The van der Waals surface area contributed by atoms with E-state index < -0.39 is 0 Å². The van der Waals surface area contributed by atoms with Crippen molar-refractivity contribution < 1.29 is 0 Å². The molecule has 1 rings (SSSR count). The Hall–Kier alpha value is -0.830. The molecular weight excluding hydrogens is 198 g/mol. The Bertz CT molecular complexity index is 313. The number of nitrogens with zero attached hydrogens (tertiary/aromatic N) is 2. The van der Waals surface area contributed by atoms with E-state index in [9.17, 15) is 0 Å². The standard InChI is InChI=1S/C13H25N3/c1-6-11(7-2)13(14-4)9-12-8-10(3)15-16(12)5/h8,11,13-14H,6-7,9H2,1-5H3. The lowest BCUT2D eigenvalue weighted by Gasteiger charge is -2.24. The summed E-state index contributed by atoms with van der Waals surface area (Å²) in [7, 11) is 4.09. The molecule has 0 radical (unpaired) electrons. The molecule has 0 bridgehead atoms. The number of aryl methyl sites for hydroxylation is 2. The monoisotopic (exact) mass is 223 g/mol. The van der Waals surface area contributed by atoms with Gasteiger partial charge in [-0.05, 0) is 26.0 Å². The van der Waals surface area contributed by atoms with Gasteiger partial charge in [0.1, 0.15) is 0 Å². The van der Waals surface area contributed by atoms with Crippen LogP contribution in [0.1, 0.15) is 38.1 Å². The number of hydrogen-bond acceptors (Lipinski definition) is 2. The summed E-state index contributed by atoms with van der Waals surface area (Å²) in [6.45, 7) is 6.59. The van der Waals surface area contributed by atoms with Crippen LogP contribution in [0, 0.1) is 12.8 Å². The van der Waals surface area contributed by atoms with E-state index in [2.05, 4.69) is 44.3 Å². The summed E-state index contributed by atoms with van der Waals surface area (Å²) in [6, 6.07) is 2.75. The smallest absolute Gasteiger partial charge is 0.0596 e. The summed E-state index contributed by atoms with van der Waals surface area (Å²) in [5.74, 6) is 0.750. The van der Waals surface area contributed by atoms with Gasteiger partial charge in [-0.25, -0.2) is 0 Å². The van der Waals surface area contributed by atoms with Crippen LogP contribution < -0.4 is 5.32 Å². The molecule has 0 saturated carbocycles. The van der Waals surface area contributed by atoms with Gasteiger partial charge < -0.3 is 5.32 Å². The molecule has 0 aromatic carbocycles. The summed E-state index contributed by atoms with van der Waals surface area (Å²) < 4.78 is 2.00. The minimum atomic E-state index is 0.560. The van der Waals surface area contributed by atoms with E-state index in [4.69, 9.17) is 0 Å². The fourth-order valence-electron chi connectivity index (χ4n) is 2.44. The number of nitrogens with one attached hydrogen (secondary N) is 1. The van der Waals surface area contributed by atoms with Crippen LogP contribution in [0.2, 0.25) is 0 Å². The first-order chi connectivity index (χ1) is 7.62. The van der Waals surface area contributed by atoms with Crippen LogP contribution in [0.3, 0.4) is 0 Å². The second-order valence-corrected chi connectivity index (χ2v) is 4.58. The van der Waals surface area contributed by atoms with Crippen molar-refractivity contribution in [3.63, 3.8) is 0 Å². The normalized spacial score (nSPS) is 13.4. The van der Waals surface area contributed by atoms with E-state index in [1.165, 1.54) is 18.5 Å². The van der Waals surface area contributed by atoms with Crippen LogP contribution in [0.15, 0.2) is 6.07 Å². The Balaban J connectivity index is 2.73. The maximum atomic E-state index is 4.40. The van der Waals surface area contributed by atoms with Gasteiger partial charge in [0, 0.05) is 25.2 Å². The van der Waals surface area contributed by atoms with Crippen molar-refractivity contribution in [1.29, 1.82) is 0 Å². The fourth-order valence-corrected chi connectivity index (χ4v) is 2.44. The SMILES string of the molecule is CCC(CC)C(Cc1cc(C)nn1C)NC. The predicted molar refractivity (Wildman–Crippen MR) is 68.6 cm³/mol. The topological polar surface area (TPSA) is 29.9 Å². The van der Waals surface area contributed by atoms with Crippen molar-refractivity contribution in [2.45, 2.75) is 46.1 Å². The highest BCUT2D eigenvalue weighted by Gasteiger charge is 2.18. The lowest BCUT2D eigenvalue weighted by molar-refractivity contribution is 0.344. The van der Waals surface area contributed by atoms with Crippen LogP contribution in [0.25, 0.3) is 0 Å². The average molecular weight is 223 g/mol. The highest BCUT2D eigenvalue weighted by Crippen LogP contribution is 2.17. The van der Waals surface area contributed by atoms with Gasteiger partial charge in [-0.1, -0.05) is 26.7 Å². The molecule has 1 unspecified atom stereocenters. The predicted octanol–water partition coefficient (Wildman–Crippen LogP) is 2.30. The van der Waals surface area contributed by atoms with Crippen molar-refractivity contribution in [2.75, 3.05) is 7.05 Å². The molecule has 0 aliphatic rings. The van der Waals surface area contributed by atoms with Gasteiger partial charge in [-0.2, -0.15) is 5.10 Å².